The molecular formula is C32H30N2O5. The highest BCUT2D eigenvalue weighted by atomic mass is 16.7. The summed E-state index contributed by atoms with van der Waals surface area (Å²) < 4.78 is 16.2. The van der Waals surface area contributed by atoms with Crippen LogP contribution in [0.4, 0.5) is 5.69 Å². The summed E-state index contributed by atoms with van der Waals surface area (Å²) in [6.07, 6.45) is 0.163. The summed E-state index contributed by atoms with van der Waals surface area (Å²) in [7, 11) is 1.59. The van der Waals surface area contributed by atoms with Gasteiger partial charge >= 0.3 is 0 Å². The Morgan fingerprint density at radius 3 is 2.31 bits per heavy atom. The Balaban J connectivity index is 1.52. The molecule has 7 nitrogen and oxygen atoms in total. The van der Waals surface area contributed by atoms with E-state index in [9.17, 15) is 9.59 Å². The van der Waals surface area contributed by atoms with Crippen LogP contribution in [0.15, 0.2) is 97.1 Å². The number of ether oxygens (including phenoxy) is 3. The molecule has 1 unspecified atom stereocenters. The van der Waals surface area contributed by atoms with Crippen molar-refractivity contribution >= 4 is 17.5 Å². The Bertz CT molecular complexity index is 1440. The molecule has 0 bridgehead atoms. The highest BCUT2D eigenvalue weighted by molar-refractivity contribution is 5.98. The first kappa shape index (κ1) is 25.9. The molecule has 0 aliphatic carbocycles. The van der Waals surface area contributed by atoms with E-state index in [2.05, 4.69) is 5.32 Å². The predicted octanol–water partition coefficient (Wildman–Crippen LogP) is 5.68. The zero-order valence-electron chi connectivity index (χ0n) is 21.9. The summed E-state index contributed by atoms with van der Waals surface area (Å²) in [5, 5.41) is 2.99. The first-order valence-corrected chi connectivity index (χ1v) is 12.7. The van der Waals surface area contributed by atoms with Crippen molar-refractivity contribution in [2.24, 2.45) is 0 Å². The van der Waals surface area contributed by atoms with Crippen molar-refractivity contribution in [3.63, 3.8) is 0 Å². The van der Waals surface area contributed by atoms with Gasteiger partial charge in [0, 0.05) is 18.3 Å². The molecular weight excluding hydrogens is 492 g/mol. The van der Waals surface area contributed by atoms with Crippen molar-refractivity contribution in [1.29, 1.82) is 0 Å². The second kappa shape index (κ2) is 11.7. The zero-order valence-corrected chi connectivity index (χ0v) is 21.9. The Morgan fingerprint density at radius 1 is 0.872 bits per heavy atom. The fourth-order valence-electron chi connectivity index (χ4n) is 4.53. The lowest BCUT2D eigenvalue weighted by Gasteiger charge is -2.32. The van der Waals surface area contributed by atoms with Crippen LogP contribution in [0.5, 0.6) is 17.2 Å². The zero-order chi connectivity index (χ0) is 27.2. The molecule has 5 rings (SSSR count). The first-order chi connectivity index (χ1) is 19.0. The molecule has 7 heteroatoms. The quantitative estimate of drug-likeness (QED) is 0.306. The first-order valence-electron chi connectivity index (χ1n) is 12.7. The van der Waals surface area contributed by atoms with Gasteiger partial charge in [0.15, 0.2) is 11.5 Å². The summed E-state index contributed by atoms with van der Waals surface area (Å²) >= 11 is 0. The van der Waals surface area contributed by atoms with Crippen LogP contribution in [0.1, 0.15) is 28.3 Å². The van der Waals surface area contributed by atoms with Crippen LogP contribution in [0.3, 0.4) is 0 Å². The number of hydrogen-bond donors (Lipinski definition) is 1. The van der Waals surface area contributed by atoms with Gasteiger partial charge in [-0.3, -0.25) is 9.59 Å². The van der Waals surface area contributed by atoms with E-state index in [1.54, 1.807) is 42.3 Å². The van der Waals surface area contributed by atoms with Gasteiger partial charge in [-0.25, -0.2) is 0 Å². The van der Waals surface area contributed by atoms with E-state index in [1.165, 1.54) is 0 Å². The second-order valence-corrected chi connectivity index (χ2v) is 9.40. The van der Waals surface area contributed by atoms with Gasteiger partial charge < -0.3 is 24.4 Å². The third kappa shape index (κ3) is 6.21. The van der Waals surface area contributed by atoms with Crippen LogP contribution in [0.2, 0.25) is 0 Å². The van der Waals surface area contributed by atoms with Gasteiger partial charge in [-0.05, 0) is 47.9 Å². The number of carbonyl (C=O) groups is 2. The van der Waals surface area contributed by atoms with E-state index in [0.717, 1.165) is 16.7 Å². The molecule has 0 spiro atoms. The van der Waals surface area contributed by atoms with Crippen LogP contribution >= 0.6 is 0 Å². The number of methoxy groups -OCH3 is 1. The van der Waals surface area contributed by atoms with Crippen LogP contribution in [-0.4, -0.2) is 30.6 Å². The third-order valence-electron chi connectivity index (χ3n) is 6.62. The Hall–Kier alpha value is -4.78. The number of anilines is 1. The fourth-order valence-corrected chi connectivity index (χ4v) is 4.53. The minimum Gasteiger partial charge on any atom is -0.497 e. The smallest absolute Gasteiger partial charge is 0.251 e. The largest absolute Gasteiger partial charge is 0.497 e. The SMILES string of the molecule is COc1ccc(C(C(=O)Nc2ccc3c(c2)OCO3)N(Cc2ccc(C)cc2)C(=O)Cc2ccccc2)cc1. The van der Waals surface area contributed by atoms with E-state index in [0.29, 0.717) is 28.5 Å². The molecule has 0 aromatic heterocycles. The van der Waals surface area contributed by atoms with E-state index in [1.807, 2.05) is 73.7 Å². The van der Waals surface area contributed by atoms with Gasteiger partial charge in [-0.1, -0.05) is 72.3 Å². The van der Waals surface area contributed by atoms with Crippen molar-refractivity contribution in [3.05, 3.63) is 119 Å². The van der Waals surface area contributed by atoms with Crippen LogP contribution < -0.4 is 19.5 Å². The summed E-state index contributed by atoms with van der Waals surface area (Å²) in [4.78, 5) is 29.6. The molecule has 1 aliphatic rings. The molecule has 2 amide bonds. The maximum absolute atomic E-state index is 14.0. The van der Waals surface area contributed by atoms with Crippen molar-refractivity contribution in [3.8, 4) is 17.2 Å². The van der Waals surface area contributed by atoms with E-state index in [-0.39, 0.29) is 31.6 Å². The molecule has 4 aromatic rings. The lowest BCUT2D eigenvalue weighted by Crippen LogP contribution is -2.41. The van der Waals surface area contributed by atoms with Gasteiger partial charge in [0.05, 0.1) is 13.5 Å². The highest BCUT2D eigenvalue weighted by Gasteiger charge is 2.32. The maximum atomic E-state index is 14.0. The Labute approximate surface area is 227 Å². The number of nitrogens with one attached hydrogen (secondary N) is 1. The van der Waals surface area contributed by atoms with Gasteiger partial charge in [0.25, 0.3) is 5.91 Å². The number of amides is 2. The maximum Gasteiger partial charge on any atom is 0.251 e. The second-order valence-electron chi connectivity index (χ2n) is 9.40. The summed E-state index contributed by atoms with van der Waals surface area (Å²) in [5.74, 6) is 1.34. The molecule has 39 heavy (non-hydrogen) atoms. The van der Waals surface area contributed by atoms with Crippen LogP contribution in [0.25, 0.3) is 0 Å². The number of rotatable bonds is 9. The molecule has 1 atom stereocenters. The number of nitrogens with zero attached hydrogens (tertiary/aromatic N) is 1. The van der Waals surface area contributed by atoms with Crippen molar-refractivity contribution in [2.75, 3.05) is 19.2 Å². The summed E-state index contributed by atoms with van der Waals surface area (Å²) in [6.45, 7) is 2.41. The van der Waals surface area contributed by atoms with Gasteiger partial charge in [0.1, 0.15) is 11.8 Å². The van der Waals surface area contributed by atoms with Crippen LogP contribution in [0, 0.1) is 6.92 Å². The molecule has 0 radical (unpaired) electrons. The number of hydrogen-bond acceptors (Lipinski definition) is 5. The average Bonchev–Trinajstić information content (AvgIpc) is 3.43. The highest BCUT2D eigenvalue weighted by Crippen LogP contribution is 2.35. The Kier molecular flexibility index (Phi) is 7.78. The summed E-state index contributed by atoms with van der Waals surface area (Å²) in [5.41, 5.74) is 4.14. The minimum atomic E-state index is -0.904. The van der Waals surface area contributed by atoms with Gasteiger partial charge in [-0.2, -0.15) is 0 Å². The lowest BCUT2D eigenvalue weighted by molar-refractivity contribution is -0.139. The molecule has 198 valence electrons. The molecule has 1 N–H and O–H groups in total. The van der Waals surface area contributed by atoms with Crippen molar-refractivity contribution < 1.29 is 23.8 Å². The van der Waals surface area contributed by atoms with E-state index >= 15 is 0 Å². The van der Waals surface area contributed by atoms with E-state index < -0.39 is 6.04 Å². The topological polar surface area (TPSA) is 77.1 Å². The standard InChI is InChI=1S/C32H30N2O5/c1-22-8-10-24(11-9-22)20-34(30(35)18-23-6-4-3-5-7-23)31(25-12-15-27(37-2)16-13-25)32(36)33-26-14-17-28-29(19-26)39-21-38-28/h3-17,19,31H,18,20-21H2,1-2H3,(H,33,36). The molecule has 1 heterocycles. The molecule has 4 aromatic carbocycles. The number of fused-ring (bicyclic) bond motifs is 1. The monoisotopic (exact) mass is 522 g/mol. The minimum absolute atomic E-state index is 0.138. The number of aryl methyl sites for hydroxylation is 1. The lowest BCUT2D eigenvalue weighted by atomic mass is 10.0. The van der Waals surface area contributed by atoms with Crippen molar-refractivity contribution in [1.82, 2.24) is 4.90 Å². The predicted molar refractivity (Wildman–Crippen MR) is 149 cm³/mol. The molecule has 0 saturated heterocycles. The number of benzene rings is 4. The fraction of sp³-hybridized carbons (Fsp3) is 0.188. The molecule has 0 fully saturated rings. The van der Waals surface area contributed by atoms with E-state index in [4.69, 9.17) is 14.2 Å². The Morgan fingerprint density at radius 2 is 1.59 bits per heavy atom. The number of carbonyl (C=O) groups excluding carboxylic acids is 2. The normalized spacial score (nSPS) is 12.5. The van der Waals surface area contributed by atoms with Gasteiger partial charge in [0.2, 0.25) is 12.7 Å². The van der Waals surface area contributed by atoms with Gasteiger partial charge in [-0.15, -0.1) is 0 Å². The summed E-state index contributed by atoms with van der Waals surface area (Å²) in [6, 6.07) is 29.1. The molecule has 1 aliphatic heterocycles. The third-order valence-corrected chi connectivity index (χ3v) is 6.62. The average molecular weight is 523 g/mol. The molecule has 0 saturated carbocycles. The van der Waals surface area contributed by atoms with Crippen LogP contribution in [-0.2, 0) is 22.6 Å². The van der Waals surface area contributed by atoms with Crippen molar-refractivity contribution in [2.45, 2.75) is 25.9 Å².